The predicted molar refractivity (Wildman–Crippen MR) is 103 cm³/mol. The third-order valence-electron chi connectivity index (χ3n) is 4.37. The van der Waals surface area contributed by atoms with Crippen LogP contribution in [0.15, 0.2) is 45.9 Å². The van der Waals surface area contributed by atoms with Gasteiger partial charge in [-0.2, -0.15) is 0 Å². The summed E-state index contributed by atoms with van der Waals surface area (Å²) in [5.41, 5.74) is 2.18. The van der Waals surface area contributed by atoms with Gasteiger partial charge < -0.3 is 14.5 Å². The Hall–Kier alpha value is -2.86. The smallest absolute Gasteiger partial charge is 0.339 e. The maximum Gasteiger partial charge on any atom is 0.339 e. The van der Waals surface area contributed by atoms with Crippen LogP contribution in [0.25, 0.3) is 11.0 Å². The molecule has 1 N–H and O–H groups in total. The lowest BCUT2D eigenvalue weighted by molar-refractivity contribution is -0.127. The van der Waals surface area contributed by atoms with Crippen LogP contribution in [0.4, 0.5) is 0 Å². The first-order valence-electron chi connectivity index (χ1n) is 8.43. The number of pyridine rings is 1. The minimum atomic E-state index is -0.783. The van der Waals surface area contributed by atoms with E-state index in [0.717, 1.165) is 16.5 Å². The second-order valence-corrected chi connectivity index (χ2v) is 6.66. The van der Waals surface area contributed by atoms with E-state index < -0.39 is 11.7 Å². The molecule has 3 aromatic rings. The lowest BCUT2D eigenvalue weighted by atomic mass is 10.1. The van der Waals surface area contributed by atoms with Gasteiger partial charge in [0.05, 0.1) is 5.02 Å². The molecule has 1 unspecified atom stereocenters. The van der Waals surface area contributed by atoms with E-state index in [1.165, 1.54) is 6.07 Å². The van der Waals surface area contributed by atoms with Gasteiger partial charge in [0.15, 0.2) is 6.10 Å². The molecule has 0 radical (unpaired) electrons. The number of hydrogen-bond donors (Lipinski definition) is 1. The molecule has 0 saturated heterocycles. The first-order chi connectivity index (χ1) is 12.9. The summed E-state index contributed by atoms with van der Waals surface area (Å²) < 4.78 is 11.0. The monoisotopic (exact) mass is 386 g/mol. The summed E-state index contributed by atoms with van der Waals surface area (Å²) in [6.07, 6.45) is 2.56. The molecule has 7 heteroatoms. The molecule has 2 aromatic heterocycles. The Morgan fingerprint density at radius 3 is 2.81 bits per heavy atom. The van der Waals surface area contributed by atoms with E-state index in [0.29, 0.717) is 22.7 Å². The van der Waals surface area contributed by atoms with Crippen LogP contribution in [0.1, 0.15) is 23.6 Å². The topological polar surface area (TPSA) is 81.4 Å². The van der Waals surface area contributed by atoms with Crippen molar-refractivity contribution < 1.29 is 13.9 Å². The number of rotatable bonds is 5. The minimum Gasteiger partial charge on any atom is -0.479 e. The number of aromatic nitrogens is 1. The lowest BCUT2D eigenvalue weighted by Gasteiger charge is -2.16. The van der Waals surface area contributed by atoms with Crippen LogP contribution in [0.3, 0.4) is 0 Å². The first-order valence-corrected chi connectivity index (χ1v) is 8.81. The molecule has 1 amide bonds. The van der Waals surface area contributed by atoms with Crippen molar-refractivity contribution in [3.63, 3.8) is 0 Å². The average molecular weight is 387 g/mol. The molecule has 0 fully saturated rings. The molecule has 0 aliphatic heterocycles. The fraction of sp³-hybridized carbons (Fsp3) is 0.250. The van der Waals surface area contributed by atoms with Crippen LogP contribution in [0, 0.1) is 13.8 Å². The standard InChI is InChI=1S/C20H19ClN2O4/c1-11-12(2)20(25)27-17-8-18(16(21)7-15(11)17)26-13(3)19(24)23-10-14-5-4-6-22-9-14/h4-9,13H,10H2,1-3H3,(H,23,24). The maximum atomic E-state index is 12.3. The van der Waals surface area contributed by atoms with E-state index in [2.05, 4.69) is 10.3 Å². The predicted octanol–water partition coefficient (Wildman–Crippen LogP) is 3.54. The van der Waals surface area contributed by atoms with Crippen LogP contribution in [0.2, 0.25) is 5.02 Å². The summed E-state index contributed by atoms with van der Waals surface area (Å²) >= 11 is 6.30. The zero-order valence-corrected chi connectivity index (χ0v) is 16.0. The summed E-state index contributed by atoms with van der Waals surface area (Å²) in [6, 6.07) is 6.88. The number of halogens is 1. The van der Waals surface area contributed by atoms with Gasteiger partial charge in [0, 0.05) is 36.0 Å². The SMILES string of the molecule is Cc1c(C)c2cc(Cl)c(OC(C)C(=O)NCc3cccnc3)cc2oc1=O. The second-order valence-electron chi connectivity index (χ2n) is 6.26. The van der Waals surface area contributed by atoms with Gasteiger partial charge in [-0.1, -0.05) is 17.7 Å². The largest absolute Gasteiger partial charge is 0.479 e. The number of fused-ring (bicyclic) bond motifs is 1. The van der Waals surface area contributed by atoms with Crippen LogP contribution >= 0.6 is 11.6 Å². The van der Waals surface area contributed by atoms with Crippen molar-refractivity contribution in [2.24, 2.45) is 0 Å². The van der Waals surface area contributed by atoms with Crippen molar-refractivity contribution >= 4 is 28.5 Å². The summed E-state index contributed by atoms with van der Waals surface area (Å²) in [5.74, 6) is -0.0175. The van der Waals surface area contributed by atoms with Gasteiger partial charge in [-0.15, -0.1) is 0 Å². The number of benzene rings is 1. The molecule has 2 heterocycles. The van der Waals surface area contributed by atoms with E-state index in [1.807, 2.05) is 13.0 Å². The number of carbonyl (C=O) groups excluding carboxylic acids is 1. The Balaban J connectivity index is 1.77. The quantitative estimate of drug-likeness (QED) is 0.678. The highest BCUT2D eigenvalue weighted by atomic mass is 35.5. The molecule has 0 aliphatic rings. The number of ether oxygens (including phenoxy) is 1. The molecule has 0 spiro atoms. The number of nitrogens with one attached hydrogen (secondary N) is 1. The highest BCUT2D eigenvalue weighted by molar-refractivity contribution is 6.32. The average Bonchev–Trinajstić information content (AvgIpc) is 2.66. The van der Waals surface area contributed by atoms with Gasteiger partial charge in [-0.3, -0.25) is 9.78 Å². The number of hydrogen-bond acceptors (Lipinski definition) is 5. The van der Waals surface area contributed by atoms with Crippen molar-refractivity contribution in [1.82, 2.24) is 10.3 Å². The van der Waals surface area contributed by atoms with Crippen LogP contribution in [-0.4, -0.2) is 17.0 Å². The molecule has 27 heavy (non-hydrogen) atoms. The Morgan fingerprint density at radius 2 is 2.11 bits per heavy atom. The Morgan fingerprint density at radius 1 is 1.33 bits per heavy atom. The zero-order valence-electron chi connectivity index (χ0n) is 15.2. The molecule has 140 valence electrons. The molecule has 0 saturated carbocycles. The molecule has 6 nitrogen and oxygen atoms in total. The molecular weight excluding hydrogens is 368 g/mol. The van der Waals surface area contributed by atoms with Gasteiger partial charge >= 0.3 is 5.63 Å². The van der Waals surface area contributed by atoms with Gasteiger partial charge in [0.25, 0.3) is 5.91 Å². The normalized spacial score (nSPS) is 12.0. The van der Waals surface area contributed by atoms with Gasteiger partial charge in [0.2, 0.25) is 0 Å². The van der Waals surface area contributed by atoms with Crippen molar-refractivity contribution in [2.45, 2.75) is 33.4 Å². The molecule has 1 aromatic carbocycles. The van der Waals surface area contributed by atoms with E-state index in [-0.39, 0.29) is 11.7 Å². The van der Waals surface area contributed by atoms with E-state index in [4.69, 9.17) is 20.8 Å². The third kappa shape index (κ3) is 4.11. The van der Waals surface area contributed by atoms with Crippen LogP contribution < -0.4 is 15.7 Å². The lowest BCUT2D eigenvalue weighted by Crippen LogP contribution is -2.36. The molecule has 0 aliphatic carbocycles. The van der Waals surface area contributed by atoms with Crippen molar-refractivity contribution in [3.05, 3.63) is 68.8 Å². The number of aryl methyl sites for hydroxylation is 1. The van der Waals surface area contributed by atoms with Gasteiger partial charge in [-0.05, 0) is 44.0 Å². The highest BCUT2D eigenvalue weighted by Crippen LogP contribution is 2.32. The minimum absolute atomic E-state index is 0.277. The molecule has 3 rings (SSSR count). The Labute approximate surface area is 161 Å². The molecule has 0 bridgehead atoms. The van der Waals surface area contributed by atoms with Gasteiger partial charge in [0.1, 0.15) is 11.3 Å². The molecule has 1 atom stereocenters. The van der Waals surface area contributed by atoms with E-state index in [1.54, 1.807) is 38.4 Å². The second kappa shape index (κ2) is 7.80. The van der Waals surface area contributed by atoms with Crippen LogP contribution in [-0.2, 0) is 11.3 Å². The summed E-state index contributed by atoms with van der Waals surface area (Å²) in [5, 5.41) is 3.85. The Kier molecular flexibility index (Phi) is 5.46. The zero-order chi connectivity index (χ0) is 19.6. The van der Waals surface area contributed by atoms with Crippen molar-refractivity contribution in [1.29, 1.82) is 0 Å². The fourth-order valence-corrected chi connectivity index (χ4v) is 2.82. The highest BCUT2D eigenvalue weighted by Gasteiger charge is 2.18. The fourth-order valence-electron chi connectivity index (χ4n) is 2.61. The number of amides is 1. The summed E-state index contributed by atoms with van der Waals surface area (Å²) in [4.78, 5) is 28.2. The van der Waals surface area contributed by atoms with E-state index in [9.17, 15) is 9.59 Å². The number of carbonyl (C=O) groups is 1. The summed E-state index contributed by atoms with van der Waals surface area (Å²) in [7, 11) is 0. The third-order valence-corrected chi connectivity index (χ3v) is 4.67. The van der Waals surface area contributed by atoms with Crippen molar-refractivity contribution in [2.75, 3.05) is 0 Å². The maximum absolute atomic E-state index is 12.3. The molecular formula is C20H19ClN2O4. The van der Waals surface area contributed by atoms with Crippen molar-refractivity contribution in [3.8, 4) is 5.75 Å². The van der Waals surface area contributed by atoms with E-state index >= 15 is 0 Å². The van der Waals surface area contributed by atoms with Gasteiger partial charge in [-0.25, -0.2) is 4.79 Å². The Bertz CT molecular complexity index is 1050. The number of nitrogens with zero attached hydrogens (tertiary/aromatic N) is 1. The first kappa shape index (κ1) is 18.9. The summed E-state index contributed by atoms with van der Waals surface area (Å²) in [6.45, 7) is 5.50. The van der Waals surface area contributed by atoms with Crippen LogP contribution in [0.5, 0.6) is 5.75 Å².